The Hall–Kier alpha value is -3.27. The van der Waals surface area contributed by atoms with E-state index in [-0.39, 0.29) is 18.9 Å². The van der Waals surface area contributed by atoms with Crippen LogP contribution in [-0.4, -0.2) is 60.1 Å². The minimum absolute atomic E-state index is 0.0316. The summed E-state index contributed by atoms with van der Waals surface area (Å²) in [5.74, 6) is -2.23. The number of aryl methyl sites for hydroxylation is 1. The van der Waals surface area contributed by atoms with E-state index in [0.717, 1.165) is 35.5 Å². The minimum atomic E-state index is -1.21. The number of nitrogens with zero attached hydrogens (tertiary/aromatic N) is 1. The third-order valence-corrected chi connectivity index (χ3v) is 6.72. The van der Waals surface area contributed by atoms with Gasteiger partial charge in [0.2, 0.25) is 11.8 Å². The van der Waals surface area contributed by atoms with E-state index in [1.807, 2.05) is 54.6 Å². The molecule has 3 unspecified atom stereocenters. The molecule has 0 saturated heterocycles. The molecule has 0 aliphatic rings. The molecule has 0 aromatic heterocycles. The number of ether oxygens (including phenoxy) is 2. The quantitative estimate of drug-likeness (QED) is 0.217. The number of amides is 2. The average molecular weight is 542 g/mol. The smallest absolute Gasteiger partial charge is 0.329 e. The van der Waals surface area contributed by atoms with Gasteiger partial charge in [-0.05, 0) is 55.0 Å². The summed E-state index contributed by atoms with van der Waals surface area (Å²) in [4.78, 5) is 39.9. The van der Waals surface area contributed by atoms with Gasteiger partial charge in [-0.25, -0.2) is 4.79 Å². The number of hydrogen-bond acceptors (Lipinski definition) is 8. The molecule has 2 aromatic carbocycles. The van der Waals surface area contributed by atoms with Crippen LogP contribution in [0, 0.1) is 11.8 Å². The van der Waals surface area contributed by atoms with E-state index in [4.69, 9.17) is 20.9 Å². The number of rotatable bonds is 16. The molecule has 39 heavy (non-hydrogen) atoms. The second-order valence-electron chi connectivity index (χ2n) is 10.00. The van der Waals surface area contributed by atoms with Crippen LogP contribution in [-0.2, 0) is 32.1 Å². The van der Waals surface area contributed by atoms with Crippen LogP contribution in [0.1, 0.15) is 50.7 Å². The highest BCUT2D eigenvalue weighted by Gasteiger charge is 2.40. The normalized spacial score (nSPS) is 13.4. The number of aliphatic hydroxyl groups is 1. The Balaban J connectivity index is 1.91. The molecule has 2 aromatic rings. The highest BCUT2D eigenvalue weighted by atomic mass is 16.5. The van der Waals surface area contributed by atoms with Crippen molar-refractivity contribution >= 4 is 17.8 Å². The summed E-state index contributed by atoms with van der Waals surface area (Å²) in [5.41, 5.74) is 14.0. The number of esters is 1. The number of carbonyl (C=O) groups is 3. The molecule has 9 nitrogen and oxygen atoms in total. The molecule has 0 saturated carbocycles. The summed E-state index contributed by atoms with van der Waals surface area (Å²) < 4.78 is 10.7. The van der Waals surface area contributed by atoms with Crippen LogP contribution in [0.25, 0.3) is 0 Å². The fourth-order valence-electron chi connectivity index (χ4n) is 4.30. The number of imide groups is 1. The lowest BCUT2D eigenvalue weighted by atomic mass is 9.96. The minimum Gasteiger partial charge on any atom is -0.489 e. The summed E-state index contributed by atoms with van der Waals surface area (Å²) in [5, 5.41) is 9.54. The third-order valence-electron chi connectivity index (χ3n) is 6.72. The molecular weight excluding hydrogens is 498 g/mol. The molecule has 0 aliphatic heterocycles. The van der Waals surface area contributed by atoms with E-state index in [0.29, 0.717) is 13.0 Å². The SMILES string of the molecule is COC(=O)C(C(C)C)N(C(=O)CCCCCc1ccc(OCc2ccccc2)cc1)C(=O)C(N)C(CN)CO. The van der Waals surface area contributed by atoms with Gasteiger partial charge in [-0.3, -0.25) is 14.5 Å². The first kappa shape index (κ1) is 31.9. The number of hydrogen-bond donors (Lipinski definition) is 3. The van der Waals surface area contributed by atoms with Crippen LogP contribution >= 0.6 is 0 Å². The van der Waals surface area contributed by atoms with Crippen molar-refractivity contribution in [3.8, 4) is 5.75 Å². The molecule has 0 radical (unpaired) electrons. The van der Waals surface area contributed by atoms with E-state index in [2.05, 4.69) is 0 Å². The van der Waals surface area contributed by atoms with E-state index in [9.17, 15) is 19.5 Å². The van der Waals surface area contributed by atoms with E-state index in [1.54, 1.807) is 13.8 Å². The number of methoxy groups -OCH3 is 1. The number of unbranched alkanes of at least 4 members (excludes halogenated alkanes) is 2. The zero-order valence-corrected chi connectivity index (χ0v) is 23.3. The highest BCUT2D eigenvalue weighted by molar-refractivity contribution is 6.01. The van der Waals surface area contributed by atoms with Crippen molar-refractivity contribution in [2.24, 2.45) is 23.3 Å². The van der Waals surface area contributed by atoms with Crippen molar-refractivity contribution in [1.82, 2.24) is 4.90 Å². The lowest BCUT2D eigenvalue weighted by Gasteiger charge is -2.34. The van der Waals surface area contributed by atoms with Gasteiger partial charge in [0.1, 0.15) is 18.4 Å². The molecule has 2 rings (SSSR count). The van der Waals surface area contributed by atoms with Gasteiger partial charge in [0, 0.05) is 18.9 Å². The summed E-state index contributed by atoms with van der Waals surface area (Å²) in [7, 11) is 1.21. The van der Waals surface area contributed by atoms with E-state index < -0.39 is 42.4 Å². The number of benzene rings is 2. The van der Waals surface area contributed by atoms with Crippen molar-refractivity contribution < 1.29 is 29.0 Å². The molecule has 3 atom stereocenters. The maximum absolute atomic E-state index is 13.2. The molecule has 214 valence electrons. The van der Waals surface area contributed by atoms with Crippen LogP contribution in [0.2, 0.25) is 0 Å². The van der Waals surface area contributed by atoms with Crippen molar-refractivity contribution in [3.05, 3.63) is 65.7 Å². The first-order chi connectivity index (χ1) is 18.7. The van der Waals surface area contributed by atoms with Crippen molar-refractivity contribution in [2.45, 2.75) is 64.6 Å². The highest BCUT2D eigenvalue weighted by Crippen LogP contribution is 2.20. The monoisotopic (exact) mass is 541 g/mol. The summed E-state index contributed by atoms with van der Waals surface area (Å²) in [6.45, 7) is 3.53. The molecule has 0 spiro atoms. The topological polar surface area (TPSA) is 145 Å². The molecule has 0 aliphatic carbocycles. The predicted molar refractivity (Wildman–Crippen MR) is 149 cm³/mol. The fraction of sp³-hybridized carbons (Fsp3) is 0.500. The maximum Gasteiger partial charge on any atom is 0.329 e. The lowest BCUT2D eigenvalue weighted by Crippen LogP contribution is -2.58. The maximum atomic E-state index is 13.2. The van der Waals surface area contributed by atoms with Gasteiger partial charge in [-0.15, -0.1) is 0 Å². The molecule has 0 bridgehead atoms. The largest absolute Gasteiger partial charge is 0.489 e. The molecule has 5 N–H and O–H groups in total. The second-order valence-corrected chi connectivity index (χ2v) is 10.00. The first-order valence-electron chi connectivity index (χ1n) is 13.5. The molecule has 9 heteroatoms. The predicted octanol–water partition coefficient (Wildman–Crippen LogP) is 2.82. The van der Waals surface area contributed by atoms with Crippen molar-refractivity contribution in [1.29, 1.82) is 0 Å². The van der Waals surface area contributed by atoms with Gasteiger partial charge in [0.05, 0.1) is 13.2 Å². The Morgan fingerprint density at radius 2 is 1.62 bits per heavy atom. The fourth-order valence-corrected chi connectivity index (χ4v) is 4.30. The molecule has 0 heterocycles. The van der Waals surface area contributed by atoms with Crippen LogP contribution < -0.4 is 16.2 Å². The van der Waals surface area contributed by atoms with E-state index in [1.165, 1.54) is 12.7 Å². The number of carbonyl (C=O) groups excluding carboxylic acids is 3. The summed E-state index contributed by atoms with van der Waals surface area (Å²) >= 11 is 0. The van der Waals surface area contributed by atoms with Gasteiger partial charge in [0.15, 0.2) is 0 Å². The van der Waals surface area contributed by atoms with Gasteiger partial charge in [0.25, 0.3) is 0 Å². The summed E-state index contributed by atoms with van der Waals surface area (Å²) in [6.07, 6.45) is 3.08. The first-order valence-corrected chi connectivity index (χ1v) is 13.5. The third kappa shape index (κ3) is 9.76. The Morgan fingerprint density at radius 1 is 0.949 bits per heavy atom. The van der Waals surface area contributed by atoms with Crippen LogP contribution in [0.3, 0.4) is 0 Å². The Kier molecular flexibility index (Phi) is 13.6. The molecule has 2 amide bonds. The lowest BCUT2D eigenvalue weighted by molar-refractivity contribution is -0.163. The second kappa shape index (κ2) is 16.6. The Bertz CT molecular complexity index is 1020. The van der Waals surface area contributed by atoms with Gasteiger partial charge in [-0.2, -0.15) is 0 Å². The van der Waals surface area contributed by atoms with Crippen molar-refractivity contribution in [3.63, 3.8) is 0 Å². The molecule has 0 fully saturated rings. The Labute approximate surface area is 231 Å². The number of aliphatic hydroxyl groups excluding tert-OH is 1. The summed E-state index contributed by atoms with van der Waals surface area (Å²) in [6, 6.07) is 15.6. The van der Waals surface area contributed by atoms with Crippen LogP contribution in [0.15, 0.2) is 54.6 Å². The average Bonchev–Trinajstić information content (AvgIpc) is 2.95. The number of nitrogens with two attached hydrogens (primary N) is 2. The van der Waals surface area contributed by atoms with Crippen molar-refractivity contribution in [2.75, 3.05) is 20.3 Å². The Morgan fingerprint density at radius 3 is 2.18 bits per heavy atom. The standard InChI is InChI=1S/C30H43N3O6/c1-21(2)28(30(37)38-3)33(29(36)27(32)24(18-31)19-34)26(35)13-9-5-6-10-22-14-16-25(17-15-22)39-20-23-11-7-4-8-12-23/h4,7-8,11-12,14-17,21,24,27-28,34H,5-6,9-10,13,18-20,31-32H2,1-3H3. The van der Waals surface area contributed by atoms with Crippen LogP contribution in [0.5, 0.6) is 5.75 Å². The van der Waals surface area contributed by atoms with Gasteiger partial charge >= 0.3 is 5.97 Å². The zero-order valence-electron chi connectivity index (χ0n) is 23.3. The van der Waals surface area contributed by atoms with Gasteiger partial charge < -0.3 is 26.0 Å². The van der Waals surface area contributed by atoms with Gasteiger partial charge in [-0.1, -0.05) is 62.7 Å². The zero-order chi connectivity index (χ0) is 28.8. The van der Waals surface area contributed by atoms with Crippen LogP contribution in [0.4, 0.5) is 0 Å². The molecular formula is C30H43N3O6. The van der Waals surface area contributed by atoms with E-state index >= 15 is 0 Å².